The number of esters is 1. The molecule has 28 heavy (non-hydrogen) atoms. The summed E-state index contributed by atoms with van der Waals surface area (Å²) in [6.07, 6.45) is 0. The summed E-state index contributed by atoms with van der Waals surface area (Å²) in [5.41, 5.74) is 0.221. The zero-order valence-corrected chi connectivity index (χ0v) is 16.7. The Hall–Kier alpha value is -2.79. The van der Waals surface area contributed by atoms with Gasteiger partial charge in [-0.1, -0.05) is 19.0 Å². The zero-order chi connectivity index (χ0) is 20.7. The molecule has 0 unspecified atom stereocenters. The molecule has 2 rings (SSSR count). The smallest absolute Gasteiger partial charge is 0.325 e. The maximum absolute atomic E-state index is 12.4. The van der Waals surface area contributed by atoms with E-state index in [2.05, 4.69) is 15.5 Å². The Morgan fingerprint density at radius 2 is 1.82 bits per heavy atom. The Morgan fingerprint density at radius 3 is 2.36 bits per heavy atom. The molecule has 0 bridgehead atoms. The fourth-order valence-corrected chi connectivity index (χ4v) is 3.80. The molecule has 1 aromatic carbocycles. The van der Waals surface area contributed by atoms with Gasteiger partial charge in [-0.15, -0.1) is 0 Å². The maximum Gasteiger partial charge on any atom is 0.325 e. The zero-order valence-electron chi connectivity index (χ0n) is 15.8. The molecule has 0 aliphatic heterocycles. The molecule has 10 nitrogen and oxygen atoms in total. The van der Waals surface area contributed by atoms with Crippen LogP contribution in [0.5, 0.6) is 0 Å². The van der Waals surface area contributed by atoms with Crippen LogP contribution in [-0.4, -0.2) is 54.4 Å². The van der Waals surface area contributed by atoms with Crippen molar-refractivity contribution in [1.82, 2.24) is 19.8 Å². The number of benzene rings is 1. The summed E-state index contributed by atoms with van der Waals surface area (Å²) in [6, 6.07) is 5.49. The lowest BCUT2D eigenvalue weighted by Crippen LogP contribution is -2.31. The van der Waals surface area contributed by atoms with E-state index in [0.717, 1.165) is 0 Å². The van der Waals surface area contributed by atoms with E-state index >= 15 is 0 Å². The average molecular weight is 410 g/mol. The summed E-state index contributed by atoms with van der Waals surface area (Å²) < 4.78 is 35.9. The number of nitrogens with one attached hydrogen (secondary N) is 1. The van der Waals surface area contributed by atoms with E-state index < -0.39 is 21.9 Å². The molecule has 0 spiro atoms. The highest BCUT2D eigenvalue weighted by atomic mass is 32.2. The van der Waals surface area contributed by atoms with E-state index in [4.69, 9.17) is 9.26 Å². The normalized spacial score (nSPS) is 11.4. The van der Waals surface area contributed by atoms with Gasteiger partial charge in [-0.2, -0.15) is 9.29 Å². The third kappa shape index (κ3) is 5.36. The number of carbonyl (C=O) groups is 2. The van der Waals surface area contributed by atoms with Gasteiger partial charge >= 0.3 is 5.97 Å². The lowest BCUT2D eigenvalue weighted by Gasteiger charge is -2.18. The van der Waals surface area contributed by atoms with Crippen molar-refractivity contribution in [2.45, 2.75) is 32.3 Å². The predicted octanol–water partition coefficient (Wildman–Crippen LogP) is 0.882. The summed E-state index contributed by atoms with van der Waals surface area (Å²) in [4.78, 5) is 27.8. The number of sulfonamides is 1. The molecule has 0 radical (unpaired) electrons. The summed E-state index contributed by atoms with van der Waals surface area (Å²) in [5.74, 6) is -0.629. The highest BCUT2D eigenvalue weighted by Gasteiger charge is 2.21. The molecular weight excluding hydrogens is 388 g/mol. The van der Waals surface area contributed by atoms with Gasteiger partial charge in [0.1, 0.15) is 6.54 Å². The monoisotopic (exact) mass is 410 g/mol. The standard InChI is InChI=1S/C17H22N4O6S/c1-4-21(5-2)28(24,25)14-8-6-13(7-9-14)17(23)18-10-16(22)26-11-15-19-12(3)20-27-15/h6-9H,4-5,10-11H2,1-3H3,(H,18,23). The highest BCUT2D eigenvalue weighted by Crippen LogP contribution is 2.16. The van der Waals surface area contributed by atoms with Crippen LogP contribution in [0.2, 0.25) is 0 Å². The van der Waals surface area contributed by atoms with Crippen molar-refractivity contribution in [1.29, 1.82) is 0 Å². The number of aryl methyl sites for hydroxylation is 1. The van der Waals surface area contributed by atoms with Crippen molar-refractivity contribution >= 4 is 21.9 Å². The van der Waals surface area contributed by atoms with E-state index in [-0.39, 0.29) is 29.5 Å². The minimum Gasteiger partial charge on any atom is -0.454 e. The molecule has 152 valence electrons. The fraction of sp³-hybridized carbons (Fsp3) is 0.412. The summed E-state index contributed by atoms with van der Waals surface area (Å²) in [5, 5.41) is 5.96. The van der Waals surface area contributed by atoms with Crippen molar-refractivity contribution in [3.05, 3.63) is 41.5 Å². The predicted molar refractivity (Wildman–Crippen MR) is 97.7 cm³/mol. The van der Waals surface area contributed by atoms with E-state index in [9.17, 15) is 18.0 Å². The lowest BCUT2D eigenvalue weighted by molar-refractivity contribution is -0.144. The van der Waals surface area contributed by atoms with E-state index in [0.29, 0.717) is 18.9 Å². The molecule has 0 saturated carbocycles. The number of amides is 1. The van der Waals surface area contributed by atoms with E-state index in [1.165, 1.54) is 28.6 Å². The Bertz CT molecular complexity index is 919. The van der Waals surface area contributed by atoms with Gasteiger partial charge in [-0.3, -0.25) is 9.59 Å². The third-order valence-electron chi connectivity index (χ3n) is 3.78. The molecule has 0 aliphatic carbocycles. The number of rotatable bonds is 9. The van der Waals surface area contributed by atoms with Crippen molar-refractivity contribution in [3.8, 4) is 0 Å². The van der Waals surface area contributed by atoms with Gasteiger partial charge in [0, 0.05) is 18.7 Å². The first kappa shape index (κ1) is 21.5. The van der Waals surface area contributed by atoms with Gasteiger partial charge in [0.05, 0.1) is 4.90 Å². The van der Waals surface area contributed by atoms with Crippen LogP contribution >= 0.6 is 0 Å². The second kappa shape index (κ2) is 9.42. The van der Waals surface area contributed by atoms with Crippen LogP contribution in [0.3, 0.4) is 0 Å². The third-order valence-corrected chi connectivity index (χ3v) is 5.84. The molecule has 0 atom stereocenters. The second-order valence-electron chi connectivity index (χ2n) is 5.69. The van der Waals surface area contributed by atoms with Crippen molar-refractivity contribution < 1.29 is 27.3 Å². The minimum absolute atomic E-state index is 0.0991. The molecule has 0 aliphatic rings. The van der Waals surface area contributed by atoms with Crippen LogP contribution in [0.1, 0.15) is 35.9 Å². The number of carbonyl (C=O) groups excluding carboxylic acids is 2. The van der Waals surface area contributed by atoms with Gasteiger partial charge in [0.2, 0.25) is 10.0 Å². The van der Waals surface area contributed by atoms with Gasteiger partial charge < -0.3 is 14.6 Å². The summed E-state index contributed by atoms with van der Waals surface area (Å²) in [6.45, 7) is 5.30. The van der Waals surface area contributed by atoms with Crippen LogP contribution in [0.4, 0.5) is 0 Å². The minimum atomic E-state index is -3.59. The molecule has 0 saturated heterocycles. The Morgan fingerprint density at radius 1 is 1.18 bits per heavy atom. The summed E-state index contributed by atoms with van der Waals surface area (Å²) in [7, 11) is -3.59. The van der Waals surface area contributed by atoms with Crippen LogP contribution in [-0.2, 0) is 26.2 Å². The largest absolute Gasteiger partial charge is 0.454 e. The van der Waals surface area contributed by atoms with Crippen molar-refractivity contribution in [3.63, 3.8) is 0 Å². The van der Waals surface area contributed by atoms with E-state index in [1.807, 2.05) is 0 Å². The quantitative estimate of drug-likeness (QED) is 0.603. The first-order valence-electron chi connectivity index (χ1n) is 8.61. The first-order valence-corrected chi connectivity index (χ1v) is 10.0. The molecular formula is C17H22N4O6S. The van der Waals surface area contributed by atoms with Crippen molar-refractivity contribution in [2.75, 3.05) is 19.6 Å². The maximum atomic E-state index is 12.4. The Balaban J connectivity index is 1.89. The van der Waals surface area contributed by atoms with Crippen molar-refractivity contribution in [2.24, 2.45) is 0 Å². The Labute approximate surface area is 162 Å². The van der Waals surface area contributed by atoms with Crippen LogP contribution < -0.4 is 5.32 Å². The van der Waals surface area contributed by atoms with Crippen LogP contribution in [0, 0.1) is 6.92 Å². The van der Waals surface area contributed by atoms with Gasteiger partial charge in [-0.25, -0.2) is 8.42 Å². The molecule has 1 amide bonds. The topological polar surface area (TPSA) is 132 Å². The molecule has 1 N–H and O–H groups in total. The SMILES string of the molecule is CCN(CC)S(=O)(=O)c1ccc(C(=O)NCC(=O)OCc2nc(C)no2)cc1. The number of hydrogen-bond donors (Lipinski definition) is 1. The Kier molecular flexibility index (Phi) is 7.24. The molecule has 1 heterocycles. The molecule has 0 fully saturated rings. The van der Waals surface area contributed by atoms with Gasteiger partial charge in [0.15, 0.2) is 12.4 Å². The molecule has 1 aromatic heterocycles. The molecule has 11 heteroatoms. The second-order valence-corrected chi connectivity index (χ2v) is 7.63. The highest BCUT2D eigenvalue weighted by molar-refractivity contribution is 7.89. The van der Waals surface area contributed by atoms with E-state index in [1.54, 1.807) is 20.8 Å². The lowest BCUT2D eigenvalue weighted by atomic mass is 10.2. The number of nitrogens with zero attached hydrogens (tertiary/aromatic N) is 3. The fourth-order valence-electron chi connectivity index (χ4n) is 2.34. The summed E-state index contributed by atoms with van der Waals surface area (Å²) >= 11 is 0. The van der Waals surface area contributed by atoms with Gasteiger partial charge in [-0.05, 0) is 31.2 Å². The van der Waals surface area contributed by atoms with Crippen LogP contribution in [0.25, 0.3) is 0 Å². The van der Waals surface area contributed by atoms with Gasteiger partial charge in [0.25, 0.3) is 11.8 Å². The van der Waals surface area contributed by atoms with Crippen LogP contribution in [0.15, 0.2) is 33.7 Å². The number of hydrogen-bond acceptors (Lipinski definition) is 8. The number of aromatic nitrogens is 2. The molecule has 2 aromatic rings. The first-order chi connectivity index (χ1) is 13.3. The number of ether oxygens (including phenoxy) is 1. The average Bonchev–Trinajstić information content (AvgIpc) is 3.10.